The Morgan fingerprint density at radius 1 is 1.19 bits per heavy atom. The number of sulfonamides is 1. The van der Waals surface area contributed by atoms with Crippen molar-refractivity contribution in [2.45, 2.75) is 37.1 Å². The highest BCUT2D eigenvalue weighted by molar-refractivity contribution is 7.89. The van der Waals surface area contributed by atoms with E-state index in [0.717, 1.165) is 23.4 Å². The van der Waals surface area contributed by atoms with Crippen LogP contribution < -0.4 is 0 Å². The first-order valence-electron chi connectivity index (χ1n) is 8.38. The van der Waals surface area contributed by atoms with Crippen molar-refractivity contribution in [3.05, 3.63) is 47.4 Å². The standard InChI is InChI=1S/C17H18N4O3S2/c1-12-15(25-11-18-12)17-20-19-16(24-17)14-9-5-6-10-21(14)26(22,23)13-7-3-2-4-8-13/h2-4,7-8,11,14H,5-6,9-10H2,1H3. The highest BCUT2D eigenvalue weighted by Gasteiger charge is 2.37. The lowest BCUT2D eigenvalue weighted by atomic mass is 10.1. The predicted octanol–water partition coefficient (Wildman–Crippen LogP) is 3.42. The zero-order chi connectivity index (χ0) is 18.1. The first-order valence-corrected chi connectivity index (χ1v) is 10.7. The number of hydrogen-bond donors (Lipinski definition) is 0. The molecule has 1 aliphatic heterocycles. The van der Waals surface area contributed by atoms with E-state index in [-0.39, 0.29) is 4.90 Å². The molecule has 9 heteroatoms. The molecule has 1 atom stereocenters. The first kappa shape index (κ1) is 17.3. The zero-order valence-electron chi connectivity index (χ0n) is 14.2. The summed E-state index contributed by atoms with van der Waals surface area (Å²) in [4.78, 5) is 5.29. The maximum Gasteiger partial charge on any atom is 0.259 e. The Morgan fingerprint density at radius 2 is 2.00 bits per heavy atom. The van der Waals surface area contributed by atoms with Gasteiger partial charge in [0.15, 0.2) is 0 Å². The van der Waals surface area contributed by atoms with E-state index in [4.69, 9.17) is 4.42 Å². The third kappa shape index (κ3) is 3.06. The van der Waals surface area contributed by atoms with Crippen molar-refractivity contribution < 1.29 is 12.8 Å². The minimum Gasteiger partial charge on any atom is -0.418 e. The van der Waals surface area contributed by atoms with Gasteiger partial charge >= 0.3 is 0 Å². The fourth-order valence-corrected chi connectivity index (χ4v) is 5.53. The molecule has 3 aromatic rings. The van der Waals surface area contributed by atoms with Gasteiger partial charge in [0.2, 0.25) is 15.9 Å². The number of nitrogens with zero attached hydrogens (tertiary/aromatic N) is 4. The molecule has 0 amide bonds. The van der Waals surface area contributed by atoms with Crippen LogP contribution in [0.25, 0.3) is 10.8 Å². The monoisotopic (exact) mass is 390 g/mol. The predicted molar refractivity (Wildman–Crippen MR) is 97.1 cm³/mol. The van der Waals surface area contributed by atoms with Crippen molar-refractivity contribution in [2.24, 2.45) is 0 Å². The molecule has 1 aliphatic rings. The molecule has 1 unspecified atom stereocenters. The van der Waals surface area contributed by atoms with Crippen LogP contribution in [0.1, 0.15) is 36.9 Å². The van der Waals surface area contributed by atoms with Gasteiger partial charge < -0.3 is 4.42 Å². The van der Waals surface area contributed by atoms with Gasteiger partial charge in [0.1, 0.15) is 10.9 Å². The fraction of sp³-hybridized carbons (Fsp3) is 0.353. The topological polar surface area (TPSA) is 89.2 Å². The van der Waals surface area contributed by atoms with Crippen LogP contribution in [0.3, 0.4) is 0 Å². The summed E-state index contributed by atoms with van der Waals surface area (Å²) in [6.45, 7) is 2.32. The van der Waals surface area contributed by atoms with Crippen LogP contribution in [0.5, 0.6) is 0 Å². The number of piperidine rings is 1. The van der Waals surface area contributed by atoms with Crippen molar-refractivity contribution in [3.63, 3.8) is 0 Å². The van der Waals surface area contributed by atoms with Crippen LogP contribution in [-0.4, -0.2) is 34.4 Å². The van der Waals surface area contributed by atoms with Crippen molar-refractivity contribution in [3.8, 4) is 10.8 Å². The van der Waals surface area contributed by atoms with E-state index in [1.807, 2.05) is 6.92 Å². The summed E-state index contributed by atoms with van der Waals surface area (Å²) in [6, 6.07) is 8.03. The lowest BCUT2D eigenvalue weighted by Crippen LogP contribution is -2.38. The second kappa shape index (κ2) is 6.90. The van der Waals surface area contributed by atoms with E-state index in [0.29, 0.717) is 24.7 Å². The number of aromatic nitrogens is 3. The Morgan fingerprint density at radius 3 is 2.73 bits per heavy atom. The molecule has 7 nitrogen and oxygen atoms in total. The Labute approximate surface area is 155 Å². The summed E-state index contributed by atoms with van der Waals surface area (Å²) < 4.78 is 33.5. The number of rotatable bonds is 4. The van der Waals surface area contributed by atoms with Gasteiger partial charge in [-0.15, -0.1) is 21.5 Å². The molecule has 0 aliphatic carbocycles. The number of aryl methyl sites for hydroxylation is 1. The Bertz CT molecular complexity index is 998. The van der Waals surface area contributed by atoms with E-state index in [2.05, 4.69) is 15.2 Å². The smallest absolute Gasteiger partial charge is 0.259 e. The van der Waals surface area contributed by atoms with Crippen molar-refractivity contribution >= 4 is 21.4 Å². The summed E-state index contributed by atoms with van der Waals surface area (Å²) in [7, 11) is -3.62. The summed E-state index contributed by atoms with van der Waals surface area (Å²) in [5.74, 6) is 0.731. The average molecular weight is 390 g/mol. The molecular formula is C17H18N4O3S2. The first-order chi connectivity index (χ1) is 12.6. The van der Waals surface area contributed by atoms with E-state index in [9.17, 15) is 8.42 Å². The molecule has 3 heterocycles. The molecular weight excluding hydrogens is 372 g/mol. The van der Waals surface area contributed by atoms with E-state index >= 15 is 0 Å². The SMILES string of the molecule is Cc1ncsc1-c1nnc(C2CCCCN2S(=O)(=O)c2ccccc2)o1. The number of hydrogen-bond acceptors (Lipinski definition) is 7. The molecule has 0 radical (unpaired) electrons. The van der Waals surface area contributed by atoms with Gasteiger partial charge in [-0.25, -0.2) is 13.4 Å². The van der Waals surface area contributed by atoms with Crippen LogP contribution in [0.4, 0.5) is 0 Å². The summed E-state index contributed by atoms with van der Waals surface area (Å²) in [5.41, 5.74) is 2.55. The van der Waals surface area contributed by atoms with Gasteiger partial charge in [0.25, 0.3) is 5.89 Å². The van der Waals surface area contributed by atoms with Crippen molar-refractivity contribution in [1.82, 2.24) is 19.5 Å². The van der Waals surface area contributed by atoms with Crippen LogP contribution in [-0.2, 0) is 10.0 Å². The lowest BCUT2D eigenvalue weighted by Gasteiger charge is -2.32. The van der Waals surface area contributed by atoms with E-state index < -0.39 is 16.1 Å². The molecule has 0 bridgehead atoms. The van der Waals surface area contributed by atoms with Gasteiger partial charge in [-0.2, -0.15) is 4.31 Å². The van der Waals surface area contributed by atoms with Crippen LogP contribution in [0, 0.1) is 6.92 Å². The third-order valence-electron chi connectivity index (χ3n) is 4.47. The van der Waals surface area contributed by atoms with E-state index in [1.165, 1.54) is 15.6 Å². The molecule has 26 heavy (non-hydrogen) atoms. The highest BCUT2D eigenvalue weighted by Crippen LogP contribution is 2.36. The molecule has 1 fully saturated rings. The highest BCUT2D eigenvalue weighted by atomic mass is 32.2. The second-order valence-electron chi connectivity index (χ2n) is 6.15. The Kier molecular flexibility index (Phi) is 4.60. The number of benzene rings is 1. The molecule has 2 aromatic heterocycles. The molecule has 1 saturated heterocycles. The minimum absolute atomic E-state index is 0.282. The van der Waals surface area contributed by atoms with Gasteiger partial charge in [0.05, 0.1) is 16.1 Å². The molecule has 0 spiro atoms. The van der Waals surface area contributed by atoms with Gasteiger partial charge in [-0.3, -0.25) is 0 Å². The van der Waals surface area contributed by atoms with Crippen LogP contribution in [0.2, 0.25) is 0 Å². The maximum atomic E-state index is 13.1. The van der Waals surface area contributed by atoms with Crippen molar-refractivity contribution in [1.29, 1.82) is 0 Å². The Hall–Kier alpha value is -2.10. The van der Waals surface area contributed by atoms with Crippen LogP contribution >= 0.6 is 11.3 Å². The third-order valence-corrected chi connectivity index (χ3v) is 7.31. The van der Waals surface area contributed by atoms with E-state index in [1.54, 1.807) is 35.8 Å². The van der Waals surface area contributed by atoms with Gasteiger partial charge in [-0.1, -0.05) is 24.6 Å². The molecule has 1 aromatic carbocycles. The normalized spacial score (nSPS) is 18.9. The van der Waals surface area contributed by atoms with Gasteiger partial charge in [-0.05, 0) is 31.9 Å². The maximum absolute atomic E-state index is 13.1. The molecule has 4 rings (SSSR count). The van der Waals surface area contributed by atoms with Crippen molar-refractivity contribution in [2.75, 3.05) is 6.54 Å². The zero-order valence-corrected chi connectivity index (χ0v) is 15.8. The fourth-order valence-electron chi connectivity index (χ4n) is 3.14. The summed E-state index contributed by atoms with van der Waals surface area (Å²) in [6.07, 6.45) is 2.40. The largest absolute Gasteiger partial charge is 0.418 e. The average Bonchev–Trinajstić information content (AvgIpc) is 3.31. The number of thiazole rings is 1. The second-order valence-corrected chi connectivity index (χ2v) is 8.90. The lowest BCUT2D eigenvalue weighted by molar-refractivity contribution is 0.220. The summed E-state index contributed by atoms with van der Waals surface area (Å²) in [5, 5.41) is 8.27. The molecule has 136 valence electrons. The molecule has 0 N–H and O–H groups in total. The Balaban J connectivity index is 1.69. The molecule has 0 saturated carbocycles. The quantitative estimate of drug-likeness (QED) is 0.678. The minimum atomic E-state index is -3.62. The van der Waals surface area contributed by atoms with Gasteiger partial charge in [0, 0.05) is 6.54 Å². The van der Waals surface area contributed by atoms with Crippen LogP contribution in [0.15, 0.2) is 45.2 Å². The summed E-state index contributed by atoms with van der Waals surface area (Å²) >= 11 is 1.43.